The molecule has 9 heteroatoms. The number of hydrogen-bond acceptors (Lipinski definition) is 7. The quantitative estimate of drug-likeness (QED) is 0.0465. The van der Waals surface area contributed by atoms with Gasteiger partial charge in [-0.15, -0.1) is 0 Å². The Morgan fingerprint density at radius 2 is 0.667 bits per heavy atom. The van der Waals surface area contributed by atoms with Gasteiger partial charge in [0.15, 0.2) is 0 Å². The zero-order chi connectivity index (χ0) is 43.7. The molecule has 1 unspecified atom stereocenters. The lowest BCUT2D eigenvalue weighted by atomic mass is 10.1. The molecule has 0 rings (SSSR count). The van der Waals surface area contributed by atoms with E-state index in [0.29, 0.717) is 17.3 Å². The highest BCUT2D eigenvalue weighted by atomic mass is 32.2. The number of thioether (sulfide) groups is 3. The topological polar surface area (TPSA) is 84.5 Å². The summed E-state index contributed by atoms with van der Waals surface area (Å²) in [6, 6.07) is -0.430. The number of ether oxygens (including phenoxy) is 1. The van der Waals surface area contributed by atoms with Crippen molar-refractivity contribution in [3.05, 3.63) is 0 Å². The van der Waals surface area contributed by atoms with E-state index < -0.39 is 6.04 Å². The maximum Gasteiger partial charge on any atom is 0.315 e. The highest BCUT2D eigenvalue weighted by Crippen LogP contribution is 2.16. The maximum atomic E-state index is 12.9. The molecule has 0 aliphatic rings. The molecule has 0 aromatic rings. The summed E-state index contributed by atoms with van der Waals surface area (Å²) in [5.41, 5.74) is 0. The van der Waals surface area contributed by atoms with Crippen molar-refractivity contribution in [1.29, 1.82) is 0 Å². The first-order chi connectivity index (χ1) is 29.5. The first kappa shape index (κ1) is 59.5. The van der Waals surface area contributed by atoms with Crippen molar-refractivity contribution in [2.75, 3.05) is 47.7 Å². The van der Waals surface area contributed by atoms with Gasteiger partial charge in [0.1, 0.15) is 6.61 Å². The van der Waals surface area contributed by atoms with Gasteiger partial charge in [0.25, 0.3) is 0 Å². The Balaban J connectivity index is 4.30. The smallest absolute Gasteiger partial charge is 0.315 e. The van der Waals surface area contributed by atoms with Crippen molar-refractivity contribution in [2.24, 2.45) is 0 Å². The number of hydrogen-bond donors (Lipinski definition) is 2. The van der Waals surface area contributed by atoms with Crippen molar-refractivity contribution in [3.8, 4) is 0 Å². The molecule has 0 spiro atoms. The van der Waals surface area contributed by atoms with Crippen LogP contribution in [0.1, 0.15) is 252 Å². The predicted molar refractivity (Wildman–Crippen MR) is 271 cm³/mol. The lowest BCUT2D eigenvalue weighted by molar-refractivity contribution is -0.141. The van der Waals surface area contributed by atoms with Crippen LogP contribution in [0, 0.1) is 0 Å². The number of rotatable bonds is 50. The minimum Gasteiger partial charge on any atom is -0.463 e. The predicted octanol–water partition coefficient (Wildman–Crippen LogP) is 15.4. The van der Waals surface area contributed by atoms with Crippen molar-refractivity contribution >= 4 is 53.1 Å². The van der Waals surface area contributed by atoms with Crippen molar-refractivity contribution in [2.45, 2.75) is 258 Å². The van der Waals surface area contributed by atoms with Gasteiger partial charge in [-0.1, -0.05) is 233 Å². The lowest BCUT2D eigenvalue weighted by Gasteiger charge is -2.19. The number of amides is 2. The van der Waals surface area contributed by atoms with Crippen LogP contribution < -0.4 is 10.6 Å². The molecular weight excluding hydrogens is 801 g/mol. The van der Waals surface area contributed by atoms with Crippen LogP contribution in [0.25, 0.3) is 0 Å². The largest absolute Gasteiger partial charge is 0.463 e. The minimum absolute atomic E-state index is 0.0242. The van der Waals surface area contributed by atoms with E-state index in [1.54, 1.807) is 35.3 Å². The summed E-state index contributed by atoms with van der Waals surface area (Å²) in [7, 11) is 0. The average molecular weight is 902 g/mol. The molecule has 0 heterocycles. The zero-order valence-corrected chi connectivity index (χ0v) is 42.5. The summed E-state index contributed by atoms with van der Waals surface area (Å²) in [6.45, 7) is 7.17. The number of unbranched alkanes of at least 4 members (excludes halogenated alkanes) is 33. The fourth-order valence-corrected chi connectivity index (χ4v) is 10.0. The molecule has 60 heavy (non-hydrogen) atoms. The van der Waals surface area contributed by atoms with Gasteiger partial charge < -0.3 is 15.4 Å². The Bertz CT molecular complexity index is 864. The monoisotopic (exact) mass is 901 g/mol. The Morgan fingerprint density at radius 3 is 1.00 bits per heavy atom. The van der Waals surface area contributed by atoms with E-state index in [4.69, 9.17) is 4.74 Å². The molecule has 0 fully saturated rings. The average Bonchev–Trinajstić information content (AvgIpc) is 3.24. The number of carbonyl (C=O) groups excluding carboxylic acids is 3. The molecule has 0 saturated heterocycles. The first-order valence-corrected chi connectivity index (χ1v) is 29.4. The highest BCUT2D eigenvalue weighted by molar-refractivity contribution is 8.00. The summed E-state index contributed by atoms with van der Waals surface area (Å²) in [4.78, 5) is 38.2. The van der Waals surface area contributed by atoms with Gasteiger partial charge in [-0.3, -0.25) is 14.4 Å². The van der Waals surface area contributed by atoms with Crippen molar-refractivity contribution in [1.82, 2.24) is 10.6 Å². The van der Waals surface area contributed by atoms with Gasteiger partial charge in [-0.25, -0.2) is 0 Å². The molecule has 6 nitrogen and oxygen atoms in total. The molecular formula is C51H100N2O4S3. The summed E-state index contributed by atoms with van der Waals surface area (Å²) < 4.78 is 5.63. The molecule has 0 aromatic carbocycles. The summed E-state index contributed by atoms with van der Waals surface area (Å²) in [5, 5.41) is 6.05. The second-order valence-corrected chi connectivity index (χ2v) is 20.9. The van der Waals surface area contributed by atoms with Crippen LogP contribution in [0.4, 0.5) is 0 Å². The lowest BCUT2D eigenvalue weighted by Crippen LogP contribution is -2.47. The molecule has 2 N–H and O–H groups in total. The number of nitrogens with one attached hydrogen (secondary N) is 2. The van der Waals surface area contributed by atoms with E-state index in [1.807, 2.05) is 0 Å². The summed E-state index contributed by atoms with van der Waals surface area (Å²) in [6.07, 6.45) is 47.9. The van der Waals surface area contributed by atoms with E-state index >= 15 is 0 Å². The molecule has 0 bridgehead atoms. The van der Waals surface area contributed by atoms with Gasteiger partial charge in [-0.05, 0) is 36.5 Å². The van der Waals surface area contributed by atoms with Crippen LogP contribution in [0.5, 0.6) is 0 Å². The van der Waals surface area contributed by atoms with Gasteiger partial charge in [0.05, 0.1) is 23.3 Å². The van der Waals surface area contributed by atoms with Crippen LogP contribution in [0.15, 0.2) is 0 Å². The van der Waals surface area contributed by atoms with E-state index in [9.17, 15) is 14.4 Å². The minimum atomic E-state index is -0.430. The van der Waals surface area contributed by atoms with E-state index in [1.165, 1.54) is 212 Å². The van der Waals surface area contributed by atoms with E-state index in [2.05, 4.69) is 31.4 Å². The molecule has 1 atom stereocenters. The fourth-order valence-electron chi connectivity index (χ4n) is 7.56. The molecule has 2 amide bonds. The summed E-state index contributed by atoms with van der Waals surface area (Å²) >= 11 is 5.00. The Labute approximate surface area is 386 Å². The highest BCUT2D eigenvalue weighted by Gasteiger charge is 2.17. The third kappa shape index (κ3) is 48.5. The molecule has 0 radical (unpaired) electrons. The Hall–Kier alpha value is -0.540. The second-order valence-electron chi connectivity index (χ2n) is 17.6. The molecule has 0 saturated carbocycles. The Kier molecular flexibility index (Phi) is 50.6. The second kappa shape index (κ2) is 51.1. The maximum absolute atomic E-state index is 12.9. The standard InChI is InChI=1S/C51H100N2O4S3/c1-4-7-10-13-16-19-22-25-28-31-34-37-40-58-45-49(54)52-43-48(53-50(55)46-59-41-38-35-32-29-26-23-20-17-14-11-8-5-2)44-57-51(56)47-60-42-39-36-33-30-27-24-21-18-15-12-9-6-3/h48H,4-47H2,1-3H3,(H,52,54)(H,53,55). The molecule has 0 aliphatic heterocycles. The number of carbonyl (C=O) groups is 3. The molecule has 356 valence electrons. The van der Waals surface area contributed by atoms with E-state index in [-0.39, 0.29) is 30.9 Å². The van der Waals surface area contributed by atoms with Gasteiger partial charge in [0.2, 0.25) is 11.8 Å². The molecule has 0 aliphatic carbocycles. The number of esters is 1. The van der Waals surface area contributed by atoms with Gasteiger partial charge >= 0.3 is 5.97 Å². The van der Waals surface area contributed by atoms with Gasteiger partial charge in [0, 0.05) is 6.54 Å². The molecule has 0 aromatic heterocycles. The van der Waals surface area contributed by atoms with Crippen LogP contribution >= 0.6 is 35.3 Å². The Morgan fingerprint density at radius 1 is 0.383 bits per heavy atom. The SMILES string of the molecule is CCCCCCCCCCCCCCSCC(=O)NCC(COC(=O)CSCCCCCCCCCCCCCC)NC(=O)CSCCCCCCCCCCCCCC. The van der Waals surface area contributed by atoms with Crippen LogP contribution in [-0.4, -0.2) is 71.5 Å². The first-order valence-electron chi connectivity index (χ1n) is 26.0. The van der Waals surface area contributed by atoms with Crippen LogP contribution in [-0.2, 0) is 19.1 Å². The zero-order valence-electron chi connectivity index (χ0n) is 40.0. The van der Waals surface area contributed by atoms with E-state index in [0.717, 1.165) is 36.5 Å². The van der Waals surface area contributed by atoms with Crippen molar-refractivity contribution in [3.63, 3.8) is 0 Å². The normalized spacial score (nSPS) is 11.8. The fraction of sp³-hybridized carbons (Fsp3) is 0.941. The van der Waals surface area contributed by atoms with Crippen LogP contribution in [0.2, 0.25) is 0 Å². The van der Waals surface area contributed by atoms with Gasteiger partial charge in [-0.2, -0.15) is 35.3 Å². The third-order valence-corrected chi connectivity index (χ3v) is 14.6. The van der Waals surface area contributed by atoms with Crippen LogP contribution in [0.3, 0.4) is 0 Å². The van der Waals surface area contributed by atoms with Crippen molar-refractivity contribution < 1.29 is 19.1 Å². The third-order valence-electron chi connectivity index (χ3n) is 11.5. The summed E-state index contributed by atoms with van der Waals surface area (Å²) in [5.74, 6) is 3.75.